The molecular weight excluding hydrogens is 407 g/mol. The van der Waals surface area contributed by atoms with E-state index in [0.29, 0.717) is 12.1 Å². The summed E-state index contributed by atoms with van der Waals surface area (Å²) in [6, 6.07) is 6.09. The van der Waals surface area contributed by atoms with Crippen molar-refractivity contribution in [3.05, 3.63) is 65.0 Å². The Balaban J connectivity index is 0.00000204. The summed E-state index contributed by atoms with van der Waals surface area (Å²) in [5.41, 5.74) is -6.75. The molecule has 0 radical (unpaired) electrons. The Bertz CT molecular complexity index is 809. The Morgan fingerprint density at radius 2 is 1.38 bits per heavy atom. The van der Waals surface area contributed by atoms with Gasteiger partial charge in [0.1, 0.15) is 5.82 Å². The second-order valence-corrected chi connectivity index (χ2v) is 5.67. The first-order chi connectivity index (χ1) is 13.3. The maximum absolute atomic E-state index is 13.7. The van der Waals surface area contributed by atoms with E-state index in [-0.39, 0.29) is 16.8 Å². The van der Waals surface area contributed by atoms with Gasteiger partial charge in [0, 0.05) is 11.3 Å². The van der Waals surface area contributed by atoms with Crippen LogP contribution >= 0.6 is 0 Å². The third-order valence-electron chi connectivity index (χ3n) is 3.83. The number of benzene rings is 2. The second-order valence-electron chi connectivity index (χ2n) is 5.67. The van der Waals surface area contributed by atoms with Crippen LogP contribution in [0.25, 0.3) is 0 Å². The van der Waals surface area contributed by atoms with Crippen LogP contribution in [-0.2, 0) is 5.60 Å². The van der Waals surface area contributed by atoms with Crippen molar-refractivity contribution in [1.29, 1.82) is 0 Å². The number of aryl methyl sites for hydroxylation is 1. The van der Waals surface area contributed by atoms with Gasteiger partial charge in [-0.25, -0.2) is 4.39 Å². The molecule has 0 unspecified atom stereocenters. The summed E-state index contributed by atoms with van der Waals surface area (Å²) >= 11 is 0. The number of hydrogen-bond donors (Lipinski definition) is 2. The fourth-order valence-corrected chi connectivity index (χ4v) is 2.40. The molecule has 0 bridgehead atoms. The van der Waals surface area contributed by atoms with Crippen molar-refractivity contribution in [2.75, 3.05) is 5.32 Å². The van der Waals surface area contributed by atoms with Gasteiger partial charge in [-0.3, -0.25) is 4.79 Å². The molecular formula is C19H18F7NO2. The zero-order valence-corrected chi connectivity index (χ0v) is 15.5. The maximum atomic E-state index is 13.7. The molecule has 0 saturated carbocycles. The van der Waals surface area contributed by atoms with Crippen LogP contribution in [0, 0.1) is 12.7 Å². The van der Waals surface area contributed by atoms with Gasteiger partial charge >= 0.3 is 12.4 Å². The minimum absolute atomic E-state index is 0.182. The molecule has 0 aliphatic heterocycles. The van der Waals surface area contributed by atoms with Gasteiger partial charge in [0.25, 0.3) is 11.5 Å². The van der Waals surface area contributed by atoms with Crippen LogP contribution in [0.15, 0.2) is 42.5 Å². The molecule has 2 rings (SSSR count). The fraction of sp³-hybridized carbons (Fsp3) is 0.316. The predicted molar refractivity (Wildman–Crippen MR) is 92.9 cm³/mol. The van der Waals surface area contributed by atoms with E-state index in [1.807, 2.05) is 13.8 Å². The smallest absolute Gasteiger partial charge is 0.369 e. The maximum Gasteiger partial charge on any atom is 0.430 e. The Labute approximate surface area is 162 Å². The molecule has 2 aromatic carbocycles. The monoisotopic (exact) mass is 425 g/mol. The molecule has 1 amide bonds. The van der Waals surface area contributed by atoms with Crippen molar-refractivity contribution in [3.63, 3.8) is 0 Å². The Morgan fingerprint density at radius 1 is 0.897 bits per heavy atom. The molecule has 0 aliphatic carbocycles. The average molecular weight is 425 g/mol. The first kappa shape index (κ1) is 24.4. The van der Waals surface area contributed by atoms with Crippen LogP contribution < -0.4 is 5.32 Å². The van der Waals surface area contributed by atoms with E-state index in [9.17, 15) is 40.6 Å². The lowest BCUT2D eigenvalue weighted by molar-refractivity contribution is -0.376. The first-order valence-corrected chi connectivity index (χ1v) is 8.32. The number of anilines is 1. The lowest BCUT2D eigenvalue weighted by Gasteiger charge is -2.32. The first-order valence-electron chi connectivity index (χ1n) is 8.32. The van der Waals surface area contributed by atoms with Crippen molar-refractivity contribution >= 4 is 11.6 Å². The summed E-state index contributed by atoms with van der Waals surface area (Å²) in [7, 11) is 0. The van der Waals surface area contributed by atoms with Crippen molar-refractivity contribution in [2.24, 2.45) is 0 Å². The highest BCUT2D eigenvalue weighted by molar-refractivity contribution is 6.05. The highest BCUT2D eigenvalue weighted by Gasteiger charge is 2.71. The van der Waals surface area contributed by atoms with E-state index in [4.69, 9.17) is 0 Å². The number of rotatable bonds is 3. The van der Waals surface area contributed by atoms with Crippen LogP contribution in [0.4, 0.5) is 36.4 Å². The highest BCUT2D eigenvalue weighted by Crippen LogP contribution is 2.50. The van der Waals surface area contributed by atoms with Crippen molar-refractivity contribution in [1.82, 2.24) is 0 Å². The molecule has 0 atom stereocenters. The highest BCUT2D eigenvalue weighted by atomic mass is 19.4. The van der Waals surface area contributed by atoms with Gasteiger partial charge in [0.05, 0.1) is 5.56 Å². The molecule has 0 fully saturated rings. The van der Waals surface area contributed by atoms with Gasteiger partial charge < -0.3 is 10.4 Å². The topological polar surface area (TPSA) is 49.3 Å². The molecule has 2 N–H and O–H groups in total. The Morgan fingerprint density at radius 3 is 1.79 bits per heavy atom. The molecule has 0 aliphatic rings. The van der Waals surface area contributed by atoms with E-state index in [1.54, 1.807) is 0 Å². The summed E-state index contributed by atoms with van der Waals surface area (Å²) < 4.78 is 90.7. The molecule has 0 saturated heterocycles. The lowest BCUT2D eigenvalue weighted by Crippen LogP contribution is -2.53. The molecule has 0 aromatic heterocycles. The Kier molecular flexibility index (Phi) is 7.42. The number of carbonyl (C=O) groups is 1. The zero-order chi connectivity index (χ0) is 22.6. The fourth-order valence-electron chi connectivity index (χ4n) is 2.40. The number of carbonyl (C=O) groups excluding carboxylic acids is 1. The summed E-state index contributed by atoms with van der Waals surface area (Å²) in [6.07, 6.45) is -12.0. The van der Waals surface area contributed by atoms with Crippen LogP contribution in [0.2, 0.25) is 0 Å². The second kappa shape index (κ2) is 8.81. The zero-order valence-electron chi connectivity index (χ0n) is 15.5. The third-order valence-corrected chi connectivity index (χ3v) is 3.83. The quantitative estimate of drug-likeness (QED) is 0.618. The van der Waals surface area contributed by atoms with E-state index < -0.39 is 35.2 Å². The van der Waals surface area contributed by atoms with Crippen LogP contribution in [0.5, 0.6) is 0 Å². The average Bonchev–Trinajstić information content (AvgIpc) is 2.61. The minimum Gasteiger partial charge on any atom is -0.369 e. The summed E-state index contributed by atoms with van der Waals surface area (Å²) in [6.45, 7) is 5.45. The molecule has 2 aromatic rings. The van der Waals surface area contributed by atoms with Gasteiger partial charge in [-0.1, -0.05) is 38.1 Å². The van der Waals surface area contributed by atoms with E-state index in [1.165, 1.54) is 19.1 Å². The van der Waals surface area contributed by atoms with Crippen molar-refractivity contribution in [2.45, 2.75) is 38.7 Å². The molecule has 29 heavy (non-hydrogen) atoms. The van der Waals surface area contributed by atoms with Gasteiger partial charge in [0.2, 0.25) is 0 Å². The van der Waals surface area contributed by atoms with Crippen LogP contribution in [0.1, 0.15) is 35.3 Å². The van der Waals surface area contributed by atoms with Gasteiger partial charge in [-0.15, -0.1) is 0 Å². The number of nitrogens with one attached hydrogen (secondary N) is 1. The minimum atomic E-state index is -6.01. The summed E-state index contributed by atoms with van der Waals surface area (Å²) in [5.74, 6) is -1.77. The van der Waals surface area contributed by atoms with Crippen molar-refractivity contribution in [3.8, 4) is 0 Å². The van der Waals surface area contributed by atoms with Crippen molar-refractivity contribution < 1.29 is 40.6 Å². The number of halogens is 7. The summed E-state index contributed by atoms with van der Waals surface area (Å²) in [5, 5.41) is 11.5. The number of aliphatic hydroxyl groups is 1. The Hall–Kier alpha value is -2.62. The molecule has 3 nitrogen and oxygen atoms in total. The SMILES string of the molecule is CC.Cc1cccc(F)c1C(=O)Nc1ccc(C(O)(C(F)(F)F)C(F)(F)F)cc1. The normalized spacial score (nSPS) is 12.1. The predicted octanol–water partition coefficient (Wildman–Crippen LogP) is 5.72. The van der Waals surface area contributed by atoms with Gasteiger partial charge in [-0.2, -0.15) is 26.3 Å². The lowest BCUT2D eigenvalue weighted by atomic mass is 9.92. The third kappa shape index (κ3) is 4.87. The molecule has 0 spiro atoms. The summed E-state index contributed by atoms with van der Waals surface area (Å²) in [4.78, 5) is 12.1. The van der Waals surface area contributed by atoms with Gasteiger partial charge in [0.15, 0.2) is 0 Å². The largest absolute Gasteiger partial charge is 0.430 e. The van der Waals surface area contributed by atoms with E-state index in [0.717, 1.165) is 18.2 Å². The van der Waals surface area contributed by atoms with E-state index in [2.05, 4.69) is 5.32 Å². The standard InChI is InChI=1S/C17H12F7NO2.C2H6/c1-9-3-2-4-12(18)13(9)14(26)25-11-7-5-10(6-8-11)15(27,16(19,20)21)17(22,23)24;1-2/h2-8,27H,1H3,(H,25,26);1-2H3. The van der Waals surface area contributed by atoms with Crippen LogP contribution in [-0.4, -0.2) is 23.4 Å². The number of alkyl halides is 6. The van der Waals surface area contributed by atoms with E-state index >= 15 is 0 Å². The van der Waals surface area contributed by atoms with Crippen LogP contribution in [0.3, 0.4) is 0 Å². The number of hydrogen-bond acceptors (Lipinski definition) is 2. The molecule has 0 heterocycles. The number of amides is 1. The van der Waals surface area contributed by atoms with Gasteiger partial charge in [-0.05, 0) is 30.7 Å². The molecule has 10 heteroatoms. The molecule has 160 valence electrons.